The molecule has 1 unspecified atom stereocenters. The lowest BCUT2D eigenvalue weighted by molar-refractivity contribution is -0.139. The van der Waals surface area contributed by atoms with Gasteiger partial charge in [-0.05, 0) is 19.3 Å². The van der Waals surface area contributed by atoms with Crippen molar-refractivity contribution < 1.29 is 24.2 Å². The minimum Gasteiger partial charge on any atom is -0.481 e. The Balaban J connectivity index is 2.26. The number of carbonyl (C=O) groups excluding carboxylic acids is 1. The summed E-state index contributed by atoms with van der Waals surface area (Å²) in [6.45, 7) is 2.51. The van der Waals surface area contributed by atoms with E-state index in [9.17, 15) is 9.59 Å². The number of amides is 2. The van der Waals surface area contributed by atoms with Crippen molar-refractivity contribution in [3.8, 4) is 0 Å². The fraction of sp³-hybridized carbons (Fsp3) is 0.846. The van der Waals surface area contributed by atoms with Gasteiger partial charge in [0.15, 0.2) is 0 Å². The SMILES string of the molecule is COCCCCCNC(=O)N1CCOCC1CC(=O)O. The predicted octanol–water partition coefficient (Wildman–Crippen LogP) is 0.688. The highest BCUT2D eigenvalue weighted by molar-refractivity contribution is 5.76. The van der Waals surface area contributed by atoms with Crippen LogP contribution in [-0.4, -0.2) is 68.1 Å². The smallest absolute Gasteiger partial charge is 0.317 e. The average molecular weight is 288 g/mol. The highest BCUT2D eigenvalue weighted by Gasteiger charge is 2.28. The van der Waals surface area contributed by atoms with E-state index in [2.05, 4.69) is 5.32 Å². The first-order valence-electron chi connectivity index (χ1n) is 6.98. The molecule has 2 N–H and O–H groups in total. The van der Waals surface area contributed by atoms with Crippen molar-refractivity contribution in [2.45, 2.75) is 31.7 Å². The molecule has 0 radical (unpaired) electrons. The molecule has 7 nitrogen and oxygen atoms in total. The number of nitrogens with zero attached hydrogens (tertiary/aromatic N) is 1. The van der Waals surface area contributed by atoms with Crippen LogP contribution in [0.5, 0.6) is 0 Å². The molecular formula is C13H24N2O5. The summed E-state index contributed by atoms with van der Waals surface area (Å²) in [5.74, 6) is -0.919. The van der Waals surface area contributed by atoms with Crippen LogP contribution in [0, 0.1) is 0 Å². The van der Waals surface area contributed by atoms with Crippen molar-refractivity contribution in [2.75, 3.05) is 40.0 Å². The van der Waals surface area contributed by atoms with Gasteiger partial charge in [0.05, 0.1) is 25.7 Å². The second-order valence-corrected chi connectivity index (χ2v) is 4.81. The summed E-state index contributed by atoms with van der Waals surface area (Å²) < 4.78 is 10.2. The first-order chi connectivity index (χ1) is 9.65. The average Bonchev–Trinajstić information content (AvgIpc) is 2.42. The van der Waals surface area contributed by atoms with E-state index in [-0.39, 0.29) is 25.1 Å². The van der Waals surface area contributed by atoms with Crippen LogP contribution in [0.4, 0.5) is 4.79 Å². The maximum absolute atomic E-state index is 12.0. The van der Waals surface area contributed by atoms with E-state index in [0.717, 1.165) is 25.9 Å². The molecule has 0 aromatic carbocycles. The highest BCUT2D eigenvalue weighted by Crippen LogP contribution is 2.11. The number of nitrogens with one attached hydrogen (secondary N) is 1. The van der Waals surface area contributed by atoms with E-state index < -0.39 is 5.97 Å². The summed E-state index contributed by atoms with van der Waals surface area (Å²) in [5, 5.41) is 11.7. The quantitative estimate of drug-likeness (QED) is 0.642. The van der Waals surface area contributed by atoms with Crippen LogP contribution in [0.15, 0.2) is 0 Å². The molecule has 116 valence electrons. The van der Waals surface area contributed by atoms with E-state index in [0.29, 0.717) is 19.7 Å². The number of hydrogen-bond donors (Lipinski definition) is 2. The normalized spacial score (nSPS) is 18.9. The zero-order chi connectivity index (χ0) is 14.8. The first kappa shape index (κ1) is 16.7. The van der Waals surface area contributed by atoms with Gasteiger partial charge in [-0.15, -0.1) is 0 Å². The van der Waals surface area contributed by atoms with Gasteiger partial charge in [0.2, 0.25) is 0 Å². The van der Waals surface area contributed by atoms with Crippen LogP contribution in [0.25, 0.3) is 0 Å². The number of carboxylic acids is 1. The van der Waals surface area contributed by atoms with E-state index in [4.69, 9.17) is 14.6 Å². The number of carboxylic acid groups (broad SMARTS) is 1. The lowest BCUT2D eigenvalue weighted by atomic mass is 10.1. The van der Waals surface area contributed by atoms with Gasteiger partial charge in [0.25, 0.3) is 0 Å². The van der Waals surface area contributed by atoms with Gasteiger partial charge in [-0.2, -0.15) is 0 Å². The first-order valence-corrected chi connectivity index (χ1v) is 6.98. The molecule has 2 amide bonds. The number of aliphatic carboxylic acids is 1. The van der Waals surface area contributed by atoms with Crippen LogP contribution < -0.4 is 5.32 Å². The maximum Gasteiger partial charge on any atom is 0.317 e. The Labute approximate surface area is 119 Å². The van der Waals surface area contributed by atoms with Crippen LogP contribution in [0.3, 0.4) is 0 Å². The fourth-order valence-electron chi connectivity index (χ4n) is 2.14. The summed E-state index contributed by atoms with van der Waals surface area (Å²) >= 11 is 0. The number of ether oxygens (including phenoxy) is 2. The number of methoxy groups -OCH3 is 1. The van der Waals surface area contributed by atoms with Crippen LogP contribution in [-0.2, 0) is 14.3 Å². The molecule has 1 aliphatic rings. The number of urea groups is 1. The number of hydrogen-bond acceptors (Lipinski definition) is 4. The Morgan fingerprint density at radius 3 is 2.90 bits per heavy atom. The molecule has 1 heterocycles. The predicted molar refractivity (Wildman–Crippen MR) is 72.7 cm³/mol. The Kier molecular flexibility index (Phi) is 7.98. The van der Waals surface area contributed by atoms with E-state index in [1.54, 1.807) is 12.0 Å². The summed E-state index contributed by atoms with van der Waals surface area (Å²) in [6, 6.07) is -0.582. The third-order valence-corrected chi connectivity index (χ3v) is 3.20. The Morgan fingerprint density at radius 1 is 1.40 bits per heavy atom. The second kappa shape index (κ2) is 9.55. The molecular weight excluding hydrogens is 264 g/mol. The Morgan fingerprint density at radius 2 is 2.20 bits per heavy atom. The third kappa shape index (κ3) is 6.21. The third-order valence-electron chi connectivity index (χ3n) is 3.20. The molecule has 0 aliphatic carbocycles. The van der Waals surface area contributed by atoms with Crippen LogP contribution >= 0.6 is 0 Å². The minimum atomic E-state index is -0.919. The molecule has 1 saturated heterocycles. The molecule has 0 aromatic rings. The molecule has 1 fully saturated rings. The fourth-order valence-corrected chi connectivity index (χ4v) is 2.14. The monoisotopic (exact) mass is 288 g/mol. The lowest BCUT2D eigenvalue weighted by Crippen LogP contribution is -2.53. The largest absolute Gasteiger partial charge is 0.481 e. The molecule has 1 atom stereocenters. The van der Waals surface area contributed by atoms with Gasteiger partial charge >= 0.3 is 12.0 Å². The number of carbonyl (C=O) groups is 2. The van der Waals surface area contributed by atoms with Crippen LogP contribution in [0.2, 0.25) is 0 Å². The molecule has 0 saturated carbocycles. The van der Waals surface area contributed by atoms with E-state index in [1.807, 2.05) is 0 Å². The summed E-state index contributed by atoms with van der Waals surface area (Å²) in [7, 11) is 1.67. The number of rotatable bonds is 8. The second-order valence-electron chi connectivity index (χ2n) is 4.81. The van der Waals surface area contributed by atoms with Crippen LogP contribution in [0.1, 0.15) is 25.7 Å². The Hall–Kier alpha value is -1.34. The number of unbranched alkanes of at least 4 members (excludes halogenated alkanes) is 2. The molecule has 0 bridgehead atoms. The molecule has 0 spiro atoms. The molecule has 7 heteroatoms. The van der Waals surface area contributed by atoms with Gasteiger partial charge in [-0.3, -0.25) is 4.79 Å². The number of morpholine rings is 1. The summed E-state index contributed by atoms with van der Waals surface area (Å²) in [6.07, 6.45) is 2.78. The van der Waals surface area contributed by atoms with Gasteiger partial charge < -0.3 is 24.8 Å². The Bertz CT molecular complexity index is 311. The van der Waals surface area contributed by atoms with E-state index in [1.165, 1.54) is 0 Å². The zero-order valence-corrected chi connectivity index (χ0v) is 12.0. The van der Waals surface area contributed by atoms with Crippen molar-refractivity contribution in [3.63, 3.8) is 0 Å². The molecule has 1 rings (SSSR count). The van der Waals surface area contributed by atoms with Crippen molar-refractivity contribution >= 4 is 12.0 Å². The van der Waals surface area contributed by atoms with Gasteiger partial charge in [-0.1, -0.05) is 0 Å². The highest BCUT2D eigenvalue weighted by atomic mass is 16.5. The maximum atomic E-state index is 12.0. The van der Waals surface area contributed by atoms with Crippen molar-refractivity contribution in [1.82, 2.24) is 10.2 Å². The minimum absolute atomic E-state index is 0.0821. The standard InChI is InChI=1S/C13H24N2O5/c1-19-7-4-2-3-5-14-13(18)15-6-8-20-10-11(15)9-12(16)17/h11H,2-10H2,1H3,(H,14,18)(H,16,17). The summed E-state index contributed by atoms with van der Waals surface area (Å²) in [4.78, 5) is 24.4. The molecule has 20 heavy (non-hydrogen) atoms. The van der Waals surface area contributed by atoms with Crippen molar-refractivity contribution in [1.29, 1.82) is 0 Å². The van der Waals surface area contributed by atoms with Gasteiger partial charge in [-0.25, -0.2) is 4.79 Å². The van der Waals surface area contributed by atoms with Gasteiger partial charge in [0, 0.05) is 26.8 Å². The summed E-state index contributed by atoms with van der Waals surface area (Å²) in [5.41, 5.74) is 0. The molecule has 1 aliphatic heterocycles. The lowest BCUT2D eigenvalue weighted by Gasteiger charge is -2.34. The molecule has 0 aromatic heterocycles. The zero-order valence-electron chi connectivity index (χ0n) is 12.0. The van der Waals surface area contributed by atoms with Gasteiger partial charge in [0.1, 0.15) is 0 Å². The van der Waals surface area contributed by atoms with Crippen molar-refractivity contribution in [3.05, 3.63) is 0 Å². The topological polar surface area (TPSA) is 88.1 Å². The van der Waals surface area contributed by atoms with E-state index >= 15 is 0 Å². The van der Waals surface area contributed by atoms with Crippen molar-refractivity contribution in [2.24, 2.45) is 0 Å².